The fraction of sp³-hybridized carbons (Fsp3) is 0.300. The van der Waals surface area contributed by atoms with Gasteiger partial charge in [-0.3, -0.25) is 9.78 Å². The van der Waals surface area contributed by atoms with Crippen molar-refractivity contribution >= 4 is 51.4 Å². The van der Waals surface area contributed by atoms with Crippen molar-refractivity contribution in [2.24, 2.45) is 5.92 Å². The average molecular weight is 448 g/mol. The Morgan fingerprint density at radius 1 is 1.24 bits per heavy atom. The van der Waals surface area contributed by atoms with E-state index < -0.39 is 0 Å². The van der Waals surface area contributed by atoms with Crippen molar-refractivity contribution in [3.8, 4) is 0 Å². The van der Waals surface area contributed by atoms with E-state index in [0.717, 1.165) is 35.6 Å². The van der Waals surface area contributed by atoms with Gasteiger partial charge in [0.15, 0.2) is 5.13 Å². The lowest BCUT2D eigenvalue weighted by molar-refractivity contribution is -0.120. The van der Waals surface area contributed by atoms with Gasteiger partial charge in [-0.05, 0) is 36.6 Å². The van der Waals surface area contributed by atoms with Crippen molar-refractivity contribution in [2.75, 3.05) is 23.3 Å². The van der Waals surface area contributed by atoms with E-state index in [0.29, 0.717) is 28.1 Å². The minimum absolute atomic E-state index is 0.0136. The van der Waals surface area contributed by atoms with Crippen molar-refractivity contribution in [2.45, 2.75) is 19.3 Å². The zero-order valence-electron chi connectivity index (χ0n) is 15.5. The first-order chi connectivity index (χ1) is 14.1. The summed E-state index contributed by atoms with van der Waals surface area (Å²) < 4.78 is 0. The molecule has 3 heterocycles. The first-order valence-electron chi connectivity index (χ1n) is 9.29. The van der Waals surface area contributed by atoms with Crippen LogP contribution in [0.5, 0.6) is 0 Å². The minimum Gasteiger partial charge on any atom is -0.355 e. The normalized spacial score (nSPS) is 16.6. The molecule has 6 nitrogen and oxygen atoms in total. The number of anilines is 2. The lowest BCUT2D eigenvalue weighted by atomic mass is 9.97. The number of carbonyl (C=O) groups is 1. The van der Waals surface area contributed by atoms with Crippen molar-refractivity contribution in [3.05, 3.63) is 63.5 Å². The Kier molecular flexibility index (Phi) is 6.28. The fourth-order valence-electron chi connectivity index (χ4n) is 3.37. The predicted molar refractivity (Wildman–Crippen MR) is 117 cm³/mol. The molecule has 0 spiro atoms. The quantitative estimate of drug-likeness (QED) is 0.614. The van der Waals surface area contributed by atoms with E-state index in [4.69, 9.17) is 23.2 Å². The summed E-state index contributed by atoms with van der Waals surface area (Å²) in [4.78, 5) is 28.7. The SMILES string of the molecule is O=C(Nc1ncc(Cc2cc(Cl)ccc2Cl)s1)C1CCCN(c2cnccn2)C1. The summed E-state index contributed by atoms with van der Waals surface area (Å²) in [6.45, 7) is 1.51. The third-order valence-corrected chi connectivity index (χ3v) is 6.34. The number of thiazole rings is 1. The van der Waals surface area contributed by atoms with Gasteiger partial charge in [-0.15, -0.1) is 11.3 Å². The van der Waals surface area contributed by atoms with E-state index >= 15 is 0 Å². The summed E-state index contributed by atoms with van der Waals surface area (Å²) in [6.07, 6.45) is 9.22. The van der Waals surface area contributed by atoms with Gasteiger partial charge in [-0.25, -0.2) is 9.97 Å². The van der Waals surface area contributed by atoms with Gasteiger partial charge in [0, 0.05) is 53.0 Å². The molecule has 0 bridgehead atoms. The highest BCUT2D eigenvalue weighted by Crippen LogP contribution is 2.28. The summed E-state index contributed by atoms with van der Waals surface area (Å²) >= 11 is 13.8. The molecule has 1 unspecified atom stereocenters. The molecule has 1 N–H and O–H groups in total. The number of amides is 1. The van der Waals surface area contributed by atoms with Gasteiger partial charge < -0.3 is 10.2 Å². The van der Waals surface area contributed by atoms with Crippen LogP contribution in [0.3, 0.4) is 0 Å². The van der Waals surface area contributed by atoms with Crippen LogP contribution in [0, 0.1) is 5.92 Å². The molecule has 0 aliphatic carbocycles. The standard InChI is InChI=1S/C20H19Cl2N5OS/c21-15-3-4-17(22)14(8-15)9-16-10-25-20(29-16)26-19(28)13-2-1-7-27(12-13)18-11-23-5-6-24-18/h3-6,8,10-11,13H,1-2,7,9,12H2,(H,25,26,28). The molecule has 150 valence electrons. The van der Waals surface area contributed by atoms with E-state index in [1.807, 2.05) is 6.07 Å². The number of benzene rings is 1. The smallest absolute Gasteiger partial charge is 0.231 e. The van der Waals surface area contributed by atoms with Crippen LogP contribution in [0.2, 0.25) is 10.0 Å². The fourth-order valence-corrected chi connectivity index (χ4v) is 4.59. The minimum atomic E-state index is -0.111. The molecule has 1 fully saturated rings. The molecule has 1 atom stereocenters. The molecule has 1 aromatic carbocycles. The Morgan fingerprint density at radius 2 is 2.14 bits per heavy atom. The predicted octanol–water partition coefficient (Wildman–Crippen LogP) is 4.69. The maximum atomic E-state index is 12.8. The molecule has 3 aromatic rings. The monoisotopic (exact) mass is 447 g/mol. The first kappa shape index (κ1) is 20.1. The van der Waals surface area contributed by atoms with Crippen LogP contribution in [0.1, 0.15) is 23.3 Å². The Hall–Kier alpha value is -2.22. The number of carbonyl (C=O) groups excluding carboxylic acids is 1. The second-order valence-corrected chi connectivity index (χ2v) is 8.84. The molecule has 29 heavy (non-hydrogen) atoms. The van der Waals surface area contributed by atoms with Crippen LogP contribution in [0.4, 0.5) is 10.9 Å². The first-order valence-corrected chi connectivity index (χ1v) is 10.9. The molecule has 2 aromatic heterocycles. The number of halogens is 2. The number of hydrogen-bond donors (Lipinski definition) is 1. The number of rotatable bonds is 5. The van der Waals surface area contributed by atoms with Gasteiger partial charge in [0.1, 0.15) is 5.82 Å². The highest BCUT2D eigenvalue weighted by Gasteiger charge is 2.27. The van der Waals surface area contributed by atoms with E-state index in [2.05, 4.69) is 25.2 Å². The Morgan fingerprint density at radius 3 is 2.97 bits per heavy atom. The largest absolute Gasteiger partial charge is 0.355 e. The van der Waals surface area contributed by atoms with Crippen molar-refractivity contribution in [1.82, 2.24) is 15.0 Å². The molecule has 9 heteroatoms. The molecule has 0 saturated carbocycles. The summed E-state index contributed by atoms with van der Waals surface area (Å²) in [5.41, 5.74) is 0.938. The van der Waals surface area contributed by atoms with Gasteiger partial charge >= 0.3 is 0 Å². The summed E-state index contributed by atoms with van der Waals surface area (Å²) in [7, 11) is 0. The molecule has 1 amide bonds. The van der Waals surface area contributed by atoms with Crippen LogP contribution >= 0.6 is 34.5 Å². The number of nitrogens with zero attached hydrogens (tertiary/aromatic N) is 4. The van der Waals surface area contributed by atoms with Gasteiger partial charge in [0.05, 0.1) is 12.1 Å². The van der Waals surface area contributed by atoms with Crippen molar-refractivity contribution < 1.29 is 4.79 Å². The lowest BCUT2D eigenvalue weighted by Crippen LogP contribution is -2.41. The lowest BCUT2D eigenvalue weighted by Gasteiger charge is -2.32. The highest BCUT2D eigenvalue weighted by molar-refractivity contribution is 7.15. The van der Waals surface area contributed by atoms with Crippen LogP contribution in [-0.2, 0) is 11.2 Å². The third-order valence-electron chi connectivity index (χ3n) is 4.82. The van der Waals surface area contributed by atoms with Gasteiger partial charge in [-0.1, -0.05) is 23.2 Å². The maximum Gasteiger partial charge on any atom is 0.231 e. The van der Waals surface area contributed by atoms with E-state index in [-0.39, 0.29) is 11.8 Å². The Labute approximate surface area is 182 Å². The van der Waals surface area contributed by atoms with E-state index in [9.17, 15) is 4.79 Å². The summed E-state index contributed by atoms with van der Waals surface area (Å²) in [5, 5.41) is 4.87. The van der Waals surface area contributed by atoms with Gasteiger partial charge in [0.25, 0.3) is 0 Å². The summed E-state index contributed by atoms with van der Waals surface area (Å²) in [5.74, 6) is 0.681. The molecule has 4 rings (SSSR count). The van der Waals surface area contributed by atoms with Crippen LogP contribution in [0.25, 0.3) is 0 Å². The molecular weight excluding hydrogens is 429 g/mol. The number of nitrogens with one attached hydrogen (secondary N) is 1. The molecule has 1 aliphatic heterocycles. The Balaban J connectivity index is 1.38. The second kappa shape index (κ2) is 9.07. The van der Waals surface area contributed by atoms with Crippen molar-refractivity contribution in [3.63, 3.8) is 0 Å². The molecule has 1 aliphatic rings. The van der Waals surface area contributed by atoms with E-state index in [1.54, 1.807) is 36.9 Å². The van der Waals surface area contributed by atoms with Gasteiger partial charge in [-0.2, -0.15) is 0 Å². The van der Waals surface area contributed by atoms with Crippen LogP contribution in [-0.4, -0.2) is 33.9 Å². The molecule has 0 radical (unpaired) electrons. The van der Waals surface area contributed by atoms with Crippen LogP contribution < -0.4 is 10.2 Å². The second-order valence-electron chi connectivity index (χ2n) is 6.88. The molecule has 1 saturated heterocycles. The zero-order valence-corrected chi connectivity index (χ0v) is 17.8. The Bertz CT molecular complexity index is 998. The van der Waals surface area contributed by atoms with Crippen LogP contribution in [0.15, 0.2) is 43.0 Å². The third kappa shape index (κ3) is 5.04. The highest BCUT2D eigenvalue weighted by atomic mass is 35.5. The topological polar surface area (TPSA) is 71.0 Å². The number of piperidine rings is 1. The van der Waals surface area contributed by atoms with E-state index in [1.165, 1.54) is 11.3 Å². The summed E-state index contributed by atoms with van der Waals surface area (Å²) in [6, 6.07) is 5.40. The number of aromatic nitrogens is 3. The number of hydrogen-bond acceptors (Lipinski definition) is 6. The van der Waals surface area contributed by atoms with Crippen molar-refractivity contribution in [1.29, 1.82) is 0 Å². The molecular formula is C20H19Cl2N5OS. The average Bonchev–Trinajstić information content (AvgIpc) is 3.18. The zero-order chi connectivity index (χ0) is 20.2. The van der Waals surface area contributed by atoms with Gasteiger partial charge in [0.2, 0.25) is 5.91 Å². The maximum absolute atomic E-state index is 12.8.